The lowest BCUT2D eigenvalue weighted by molar-refractivity contribution is 0.00844. The van der Waals surface area contributed by atoms with Crippen LogP contribution in [-0.2, 0) is 0 Å². The second kappa shape index (κ2) is 7.64. The molecule has 0 N–H and O–H groups in total. The summed E-state index contributed by atoms with van der Waals surface area (Å²) >= 11 is 8.85. The molecule has 2 saturated heterocycles. The molecular weight excluding hydrogens is 430 g/mol. The van der Waals surface area contributed by atoms with Crippen LogP contribution in [0, 0.1) is 0 Å². The van der Waals surface area contributed by atoms with Crippen LogP contribution >= 0.6 is 34.3 Å². The van der Waals surface area contributed by atoms with Gasteiger partial charge < -0.3 is 9.80 Å². The molecule has 0 spiro atoms. The number of amides is 2. The van der Waals surface area contributed by atoms with Gasteiger partial charge in [0.05, 0.1) is 15.7 Å². The van der Waals surface area contributed by atoms with Crippen molar-refractivity contribution >= 4 is 56.3 Å². The lowest BCUT2D eigenvalue weighted by Gasteiger charge is -2.47. The summed E-state index contributed by atoms with van der Waals surface area (Å²) in [4.78, 5) is 39.8. The number of hydrogen-bond acceptors (Lipinski definition) is 7. The van der Waals surface area contributed by atoms with Gasteiger partial charge in [-0.05, 0) is 18.2 Å². The third kappa shape index (κ3) is 3.63. The van der Waals surface area contributed by atoms with E-state index in [1.54, 1.807) is 17.0 Å². The summed E-state index contributed by atoms with van der Waals surface area (Å²) in [5, 5.41) is 2.93. The van der Waals surface area contributed by atoms with E-state index in [1.165, 1.54) is 22.7 Å². The Morgan fingerprint density at radius 2 is 1.86 bits per heavy atom. The minimum absolute atomic E-state index is 0.00672. The summed E-state index contributed by atoms with van der Waals surface area (Å²) < 4.78 is 0.968. The van der Waals surface area contributed by atoms with Gasteiger partial charge in [-0.3, -0.25) is 14.5 Å². The summed E-state index contributed by atoms with van der Waals surface area (Å²) in [5.41, 5.74) is 2.98. The van der Waals surface area contributed by atoms with Crippen LogP contribution in [0.25, 0.3) is 10.2 Å². The molecule has 1 aromatic carbocycles. The first-order valence-electron chi connectivity index (χ1n) is 9.35. The van der Waals surface area contributed by atoms with Gasteiger partial charge in [-0.1, -0.05) is 11.6 Å². The molecule has 4 heterocycles. The number of aromatic nitrogens is 2. The molecule has 2 fully saturated rings. The Hall–Kier alpha value is -2.07. The largest absolute Gasteiger partial charge is 0.335 e. The summed E-state index contributed by atoms with van der Waals surface area (Å²) in [5.74, 6) is -0.0110. The number of carbonyl (C=O) groups excluding carboxylic acids is 2. The Kier molecular flexibility index (Phi) is 4.99. The van der Waals surface area contributed by atoms with Crippen molar-refractivity contribution in [2.45, 2.75) is 6.04 Å². The van der Waals surface area contributed by atoms with Gasteiger partial charge in [0, 0.05) is 55.7 Å². The number of hydrogen-bond donors (Lipinski definition) is 0. The molecule has 3 aromatic rings. The summed E-state index contributed by atoms with van der Waals surface area (Å²) in [6.07, 6.45) is 0. The van der Waals surface area contributed by atoms with E-state index in [4.69, 9.17) is 11.6 Å². The lowest BCUT2D eigenvalue weighted by atomic mass is 10.1. The molecular formula is C19H18ClN5O2S2. The van der Waals surface area contributed by atoms with Gasteiger partial charge in [-0.15, -0.1) is 22.7 Å². The van der Waals surface area contributed by atoms with Crippen LogP contribution < -0.4 is 0 Å². The zero-order valence-electron chi connectivity index (χ0n) is 15.5. The zero-order valence-corrected chi connectivity index (χ0v) is 17.8. The van der Waals surface area contributed by atoms with E-state index in [-0.39, 0.29) is 11.8 Å². The van der Waals surface area contributed by atoms with Gasteiger partial charge in [-0.25, -0.2) is 9.97 Å². The highest BCUT2D eigenvalue weighted by molar-refractivity contribution is 7.20. The lowest BCUT2D eigenvalue weighted by Crippen LogP contribution is -2.64. The summed E-state index contributed by atoms with van der Waals surface area (Å²) in [6.45, 7) is 4.44. The number of thiazole rings is 2. The second-order valence-electron chi connectivity index (χ2n) is 7.20. The van der Waals surface area contributed by atoms with Gasteiger partial charge in [-0.2, -0.15) is 0 Å². The maximum Gasteiger partial charge on any atom is 0.282 e. The molecule has 7 nitrogen and oxygen atoms in total. The van der Waals surface area contributed by atoms with Crippen molar-refractivity contribution in [3.8, 4) is 0 Å². The molecule has 2 amide bonds. The first kappa shape index (κ1) is 18.9. The molecule has 0 unspecified atom stereocenters. The molecule has 5 rings (SSSR count). The quantitative estimate of drug-likeness (QED) is 0.617. The molecule has 2 aliphatic rings. The highest BCUT2D eigenvalue weighted by Crippen LogP contribution is 2.27. The predicted octanol–water partition coefficient (Wildman–Crippen LogP) is 2.69. The monoisotopic (exact) mass is 447 g/mol. The van der Waals surface area contributed by atoms with Crippen molar-refractivity contribution in [1.82, 2.24) is 24.7 Å². The maximum absolute atomic E-state index is 12.7. The van der Waals surface area contributed by atoms with Crippen LogP contribution in [0.15, 0.2) is 29.1 Å². The predicted molar refractivity (Wildman–Crippen MR) is 114 cm³/mol. The Morgan fingerprint density at radius 1 is 1.07 bits per heavy atom. The number of likely N-dealkylation sites (tertiary alicyclic amines) is 1. The maximum atomic E-state index is 12.7. The van der Waals surface area contributed by atoms with Crippen molar-refractivity contribution < 1.29 is 9.59 Å². The van der Waals surface area contributed by atoms with E-state index in [0.29, 0.717) is 47.9 Å². The minimum atomic E-state index is -0.0177. The van der Waals surface area contributed by atoms with Crippen molar-refractivity contribution in [3.63, 3.8) is 0 Å². The van der Waals surface area contributed by atoms with Crippen LogP contribution in [0.4, 0.5) is 0 Å². The second-order valence-corrected chi connectivity index (χ2v) is 9.38. The fourth-order valence-corrected chi connectivity index (χ4v) is 5.36. The number of benzene rings is 1. The number of halogens is 1. The van der Waals surface area contributed by atoms with E-state index in [2.05, 4.69) is 14.9 Å². The van der Waals surface area contributed by atoms with Gasteiger partial charge in [0.25, 0.3) is 11.8 Å². The van der Waals surface area contributed by atoms with E-state index in [1.807, 2.05) is 21.9 Å². The van der Waals surface area contributed by atoms with Crippen LogP contribution in [0.5, 0.6) is 0 Å². The van der Waals surface area contributed by atoms with Gasteiger partial charge in [0.1, 0.15) is 5.69 Å². The number of carbonyl (C=O) groups is 2. The topological polar surface area (TPSA) is 69.6 Å². The molecule has 29 heavy (non-hydrogen) atoms. The van der Waals surface area contributed by atoms with E-state index in [9.17, 15) is 9.59 Å². The van der Waals surface area contributed by atoms with E-state index in [0.717, 1.165) is 23.3 Å². The molecule has 2 aliphatic heterocycles. The molecule has 0 bridgehead atoms. The molecule has 150 valence electrons. The van der Waals surface area contributed by atoms with Crippen molar-refractivity contribution in [2.24, 2.45) is 0 Å². The van der Waals surface area contributed by atoms with Crippen molar-refractivity contribution in [1.29, 1.82) is 0 Å². The zero-order chi connectivity index (χ0) is 20.0. The number of fused-ring (bicyclic) bond motifs is 1. The first-order chi connectivity index (χ1) is 14.1. The van der Waals surface area contributed by atoms with Crippen molar-refractivity contribution in [3.05, 3.63) is 44.8 Å². The van der Waals surface area contributed by atoms with Gasteiger partial charge in [0.2, 0.25) is 0 Å². The van der Waals surface area contributed by atoms with Crippen LogP contribution in [0.3, 0.4) is 0 Å². The highest BCUT2D eigenvalue weighted by Gasteiger charge is 2.38. The summed E-state index contributed by atoms with van der Waals surface area (Å²) in [7, 11) is 0. The van der Waals surface area contributed by atoms with E-state index >= 15 is 0 Å². The summed E-state index contributed by atoms with van der Waals surface area (Å²) in [6, 6.07) is 5.85. The Balaban J connectivity index is 1.15. The molecule has 0 atom stereocenters. The van der Waals surface area contributed by atoms with Crippen LogP contribution in [0.1, 0.15) is 20.3 Å². The average Bonchev–Trinajstić information content (AvgIpc) is 3.36. The molecule has 0 aliphatic carbocycles. The Labute approximate surface area is 180 Å². The molecule has 2 aromatic heterocycles. The standard InChI is InChI=1S/C19H18ClN5O2S2/c20-12-1-2-16-14(7-12)22-17(29-16)19(27)25-8-13(9-25)23-3-5-24(6-4-23)18(26)15-10-28-11-21-15/h1-2,7,10-11,13H,3-6,8-9H2. The number of piperazine rings is 1. The third-order valence-electron chi connectivity index (χ3n) is 5.45. The Morgan fingerprint density at radius 3 is 2.59 bits per heavy atom. The normalized spacial score (nSPS) is 18.2. The minimum Gasteiger partial charge on any atom is -0.335 e. The number of rotatable bonds is 3. The van der Waals surface area contributed by atoms with E-state index < -0.39 is 0 Å². The Bertz CT molecular complexity index is 1060. The molecule has 0 saturated carbocycles. The molecule has 0 radical (unpaired) electrons. The van der Waals surface area contributed by atoms with Gasteiger partial charge >= 0.3 is 0 Å². The number of nitrogens with zero attached hydrogens (tertiary/aromatic N) is 5. The fraction of sp³-hybridized carbons (Fsp3) is 0.368. The average molecular weight is 448 g/mol. The van der Waals surface area contributed by atoms with Crippen molar-refractivity contribution in [2.75, 3.05) is 39.3 Å². The molecule has 10 heteroatoms. The third-order valence-corrected chi connectivity index (χ3v) is 7.30. The highest BCUT2D eigenvalue weighted by atomic mass is 35.5. The first-order valence-corrected chi connectivity index (χ1v) is 11.5. The fourth-order valence-electron chi connectivity index (χ4n) is 3.75. The van der Waals surface area contributed by atoms with Crippen LogP contribution in [-0.4, -0.2) is 81.8 Å². The SMILES string of the molecule is O=C(c1cscn1)N1CCN(C2CN(C(=O)c3nc4cc(Cl)ccc4s3)C2)CC1. The smallest absolute Gasteiger partial charge is 0.282 e. The van der Waals surface area contributed by atoms with Gasteiger partial charge in [0.15, 0.2) is 5.01 Å². The van der Waals surface area contributed by atoms with Crippen LogP contribution in [0.2, 0.25) is 5.02 Å².